The van der Waals surface area contributed by atoms with Gasteiger partial charge in [0.1, 0.15) is 0 Å². The van der Waals surface area contributed by atoms with Gasteiger partial charge in [0.05, 0.1) is 0 Å². The molecule has 7 nitrogen and oxygen atoms in total. The highest BCUT2D eigenvalue weighted by atomic mass is 16.6. The number of hydrogen-bond donors (Lipinski definition) is 2. The summed E-state index contributed by atoms with van der Waals surface area (Å²) in [6.07, 6.45) is 32.9. The molecule has 2 unspecified atom stereocenters. The number of hydrogen-bond acceptors (Lipinski definition) is 5. The van der Waals surface area contributed by atoms with Crippen molar-refractivity contribution in [2.45, 2.75) is 219 Å². The summed E-state index contributed by atoms with van der Waals surface area (Å²) in [5.74, 6) is -4.04. The smallest absolute Gasteiger partial charge is 0.313 e. The molecule has 276 valence electrons. The van der Waals surface area contributed by atoms with Gasteiger partial charge in [-0.15, -0.1) is 0 Å². The lowest BCUT2D eigenvalue weighted by Crippen LogP contribution is -2.21. The SMILES string of the molecule is CCCCCCCCCCCCCCCC(CC(=O)O)CC(=O)OC(=O)CC(CCCCCCCCCCCCCCC)CC(=O)O. The van der Waals surface area contributed by atoms with Crippen LogP contribution in [0.25, 0.3) is 0 Å². The minimum atomic E-state index is -0.955. The molecule has 0 aromatic heterocycles. The lowest BCUT2D eigenvalue weighted by atomic mass is 9.93. The number of unbranched alkanes of at least 4 members (excludes halogenated alkanes) is 24. The van der Waals surface area contributed by atoms with Gasteiger partial charge < -0.3 is 14.9 Å². The van der Waals surface area contributed by atoms with Gasteiger partial charge in [0, 0.05) is 25.7 Å². The van der Waals surface area contributed by atoms with Crippen LogP contribution in [0.4, 0.5) is 0 Å². The van der Waals surface area contributed by atoms with Crippen molar-refractivity contribution < 1.29 is 34.1 Å². The Labute approximate surface area is 288 Å². The van der Waals surface area contributed by atoms with Crippen LogP contribution in [0, 0.1) is 11.8 Å². The molecule has 0 saturated heterocycles. The van der Waals surface area contributed by atoms with Crippen molar-refractivity contribution >= 4 is 23.9 Å². The molecule has 0 aromatic carbocycles. The molecule has 2 N–H and O–H groups in total. The Morgan fingerprint density at radius 3 is 0.851 bits per heavy atom. The van der Waals surface area contributed by atoms with E-state index < -0.39 is 23.9 Å². The third-order valence-electron chi connectivity index (χ3n) is 9.50. The second-order valence-corrected chi connectivity index (χ2v) is 14.2. The lowest BCUT2D eigenvalue weighted by molar-refractivity contribution is -0.161. The first-order valence-electron chi connectivity index (χ1n) is 19.9. The predicted octanol–water partition coefficient (Wildman–Crippen LogP) is 12.0. The Kier molecular flexibility index (Phi) is 32.6. The highest BCUT2D eigenvalue weighted by Crippen LogP contribution is 2.23. The summed E-state index contributed by atoms with van der Waals surface area (Å²) >= 11 is 0. The second kappa shape index (κ2) is 34.0. The third-order valence-corrected chi connectivity index (χ3v) is 9.50. The highest BCUT2D eigenvalue weighted by molar-refractivity contribution is 5.86. The molecule has 0 fully saturated rings. The first-order valence-corrected chi connectivity index (χ1v) is 19.9. The number of carbonyl (C=O) groups excluding carboxylic acids is 2. The van der Waals surface area contributed by atoms with E-state index in [0.29, 0.717) is 12.8 Å². The van der Waals surface area contributed by atoms with Gasteiger partial charge >= 0.3 is 23.9 Å². The number of aliphatic carboxylic acids is 2. The van der Waals surface area contributed by atoms with Crippen LogP contribution < -0.4 is 0 Å². The molecule has 0 amide bonds. The van der Waals surface area contributed by atoms with E-state index in [2.05, 4.69) is 13.8 Å². The van der Waals surface area contributed by atoms with Crippen LogP contribution in [0.5, 0.6) is 0 Å². The average Bonchev–Trinajstić information content (AvgIpc) is 3.00. The van der Waals surface area contributed by atoms with Crippen molar-refractivity contribution in [2.24, 2.45) is 11.8 Å². The number of carboxylic acids is 2. The zero-order valence-corrected chi connectivity index (χ0v) is 30.7. The van der Waals surface area contributed by atoms with Gasteiger partial charge in [0.15, 0.2) is 0 Å². The molecule has 0 rings (SSSR count). The first-order chi connectivity index (χ1) is 22.8. The lowest BCUT2D eigenvalue weighted by Gasteiger charge is -2.16. The maximum atomic E-state index is 12.5. The van der Waals surface area contributed by atoms with E-state index in [4.69, 9.17) is 4.74 Å². The van der Waals surface area contributed by atoms with Crippen LogP contribution in [0.1, 0.15) is 219 Å². The number of ether oxygens (including phenoxy) is 1. The molecule has 0 heterocycles. The molecule has 0 saturated carbocycles. The third kappa shape index (κ3) is 33.8. The summed E-state index contributed by atoms with van der Waals surface area (Å²) < 4.78 is 5.05. The second-order valence-electron chi connectivity index (χ2n) is 14.2. The molecular formula is C40H74O7. The monoisotopic (exact) mass is 667 g/mol. The maximum Gasteiger partial charge on any atom is 0.313 e. The summed E-state index contributed by atoms with van der Waals surface area (Å²) in [4.78, 5) is 47.8. The van der Waals surface area contributed by atoms with E-state index in [9.17, 15) is 29.4 Å². The van der Waals surface area contributed by atoms with Crippen molar-refractivity contribution in [2.75, 3.05) is 0 Å². The molecular weight excluding hydrogens is 592 g/mol. The topological polar surface area (TPSA) is 118 Å². The zero-order chi connectivity index (χ0) is 34.8. The van der Waals surface area contributed by atoms with Crippen molar-refractivity contribution in [3.8, 4) is 0 Å². The number of rotatable bonds is 36. The molecule has 47 heavy (non-hydrogen) atoms. The van der Waals surface area contributed by atoms with E-state index in [1.54, 1.807) is 0 Å². The molecule has 0 spiro atoms. The van der Waals surface area contributed by atoms with E-state index in [1.807, 2.05) is 0 Å². The Bertz CT molecular complexity index is 704. The fourth-order valence-corrected chi connectivity index (χ4v) is 6.63. The standard InChI is InChI=1S/C40H74O7/c1-3-5-7-9-11-13-15-17-19-21-23-25-27-29-35(31-37(41)42)33-39(45)47-40(46)34-36(32-38(43)44)30-28-26-24-22-20-18-16-14-12-10-8-6-4-2/h35-36H,3-34H2,1-2H3,(H,41,42)(H,43,44). The van der Waals surface area contributed by atoms with Crippen LogP contribution in [-0.2, 0) is 23.9 Å². The maximum absolute atomic E-state index is 12.5. The van der Waals surface area contributed by atoms with Gasteiger partial charge in [-0.1, -0.05) is 181 Å². The first kappa shape index (κ1) is 45.1. The highest BCUT2D eigenvalue weighted by Gasteiger charge is 2.23. The minimum Gasteiger partial charge on any atom is -0.481 e. The van der Waals surface area contributed by atoms with Gasteiger partial charge in [0.25, 0.3) is 0 Å². The van der Waals surface area contributed by atoms with Gasteiger partial charge in [0.2, 0.25) is 0 Å². The quantitative estimate of drug-likeness (QED) is 0.0388. The molecule has 0 aliphatic heterocycles. The number of esters is 2. The number of carboxylic acid groups (broad SMARTS) is 2. The van der Waals surface area contributed by atoms with Crippen molar-refractivity contribution in [3.63, 3.8) is 0 Å². The molecule has 0 radical (unpaired) electrons. The van der Waals surface area contributed by atoms with Gasteiger partial charge in [-0.05, 0) is 24.7 Å². The van der Waals surface area contributed by atoms with Gasteiger partial charge in [-0.3, -0.25) is 19.2 Å². The van der Waals surface area contributed by atoms with Crippen LogP contribution in [0.2, 0.25) is 0 Å². The molecule has 0 aromatic rings. The fraction of sp³-hybridized carbons (Fsp3) is 0.900. The molecule has 7 heteroatoms. The van der Waals surface area contributed by atoms with Crippen LogP contribution >= 0.6 is 0 Å². The Morgan fingerprint density at radius 1 is 0.383 bits per heavy atom. The number of carbonyl (C=O) groups is 4. The van der Waals surface area contributed by atoms with Crippen LogP contribution in [-0.4, -0.2) is 34.1 Å². The predicted molar refractivity (Wildman–Crippen MR) is 192 cm³/mol. The van der Waals surface area contributed by atoms with Crippen LogP contribution in [0.15, 0.2) is 0 Å². The summed E-state index contributed by atoms with van der Waals surface area (Å²) in [7, 11) is 0. The van der Waals surface area contributed by atoms with Gasteiger partial charge in [-0.2, -0.15) is 0 Å². The summed E-state index contributed by atoms with van der Waals surface area (Å²) in [5.41, 5.74) is 0. The van der Waals surface area contributed by atoms with Gasteiger partial charge in [-0.25, -0.2) is 0 Å². The van der Waals surface area contributed by atoms with Crippen molar-refractivity contribution in [3.05, 3.63) is 0 Å². The van der Waals surface area contributed by atoms with Crippen LogP contribution in [0.3, 0.4) is 0 Å². The van der Waals surface area contributed by atoms with Crippen molar-refractivity contribution in [1.29, 1.82) is 0 Å². The zero-order valence-electron chi connectivity index (χ0n) is 30.7. The summed E-state index contributed by atoms with van der Waals surface area (Å²) in [6.45, 7) is 4.49. The average molecular weight is 667 g/mol. The van der Waals surface area contributed by atoms with E-state index in [0.717, 1.165) is 38.5 Å². The summed E-state index contributed by atoms with van der Waals surface area (Å²) in [6, 6.07) is 0. The van der Waals surface area contributed by atoms with E-state index in [-0.39, 0.29) is 37.5 Å². The molecule has 0 bridgehead atoms. The Hall–Kier alpha value is -1.92. The van der Waals surface area contributed by atoms with E-state index >= 15 is 0 Å². The Morgan fingerprint density at radius 2 is 0.617 bits per heavy atom. The Balaban J connectivity index is 4.18. The largest absolute Gasteiger partial charge is 0.481 e. The van der Waals surface area contributed by atoms with E-state index in [1.165, 1.54) is 128 Å². The molecule has 2 atom stereocenters. The molecule has 0 aliphatic carbocycles. The minimum absolute atomic E-state index is 0.0985. The molecule has 0 aliphatic rings. The summed E-state index contributed by atoms with van der Waals surface area (Å²) in [5, 5.41) is 18.7. The fourth-order valence-electron chi connectivity index (χ4n) is 6.63. The van der Waals surface area contributed by atoms with Crippen molar-refractivity contribution in [1.82, 2.24) is 0 Å². The normalized spacial score (nSPS) is 12.6.